The van der Waals surface area contributed by atoms with Crippen LogP contribution in [0.3, 0.4) is 0 Å². The molecule has 3 heterocycles. The summed E-state index contributed by atoms with van der Waals surface area (Å²) in [7, 11) is 0. The largest absolute Gasteiger partial charge is 0.504 e. The molecule has 0 aromatic heterocycles. The van der Waals surface area contributed by atoms with Gasteiger partial charge in [0.05, 0.1) is 24.9 Å². The van der Waals surface area contributed by atoms with E-state index in [1.807, 2.05) is 0 Å². The molecule has 13 nitrogen and oxygen atoms in total. The number of epoxide rings is 1. The van der Waals surface area contributed by atoms with E-state index >= 15 is 0 Å². The standard InChI is InChI=1S/C24H28O13/c25-8-14-18(30)19(31)20(32)23(35-14)36-22-16-11(5-6-33-22)17(29)21-24(16,37-21)9-34-15(28)4-2-10-1-3-12(26)13(27)7-10/h1-7,11,14,16-23,25-27,29-32H,8-9H2. The number of aliphatic hydroxyl groups is 5. The third-order valence-corrected chi connectivity index (χ3v) is 7.23. The van der Waals surface area contributed by atoms with Crippen molar-refractivity contribution in [2.75, 3.05) is 13.2 Å². The molecule has 2 saturated heterocycles. The van der Waals surface area contributed by atoms with Gasteiger partial charge in [-0.05, 0) is 29.8 Å². The van der Waals surface area contributed by atoms with E-state index in [0.29, 0.717) is 5.56 Å². The highest BCUT2D eigenvalue weighted by Crippen LogP contribution is 2.60. The third kappa shape index (κ3) is 4.57. The van der Waals surface area contributed by atoms with Gasteiger partial charge in [-0.2, -0.15) is 0 Å². The summed E-state index contributed by atoms with van der Waals surface area (Å²) in [5.41, 5.74) is -0.713. The second-order valence-corrected chi connectivity index (χ2v) is 9.44. The van der Waals surface area contributed by atoms with Gasteiger partial charge in [-0.15, -0.1) is 0 Å². The van der Waals surface area contributed by atoms with Crippen LogP contribution in [0, 0.1) is 11.8 Å². The van der Waals surface area contributed by atoms with E-state index in [0.717, 1.165) is 6.08 Å². The summed E-state index contributed by atoms with van der Waals surface area (Å²) in [4.78, 5) is 12.4. The quantitative estimate of drug-likeness (QED) is 0.0900. The lowest BCUT2D eigenvalue weighted by Crippen LogP contribution is -2.60. The fourth-order valence-electron chi connectivity index (χ4n) is 5.19. The Morgan fingerprint density at radius 3 is 2.54 bits per heavy atom. The summed E-state index contributed by atoms with van der Waals surface area (Å²) in [6.07, 6.45) is -4.88. The predicted octanol–water partition coefficient (Wildman–Crippen LogP) is -1.91. The maximum atomic E-state index is 12.4. The van der Waals surface area contributed by atoms with E-state index in [4.69, 9.17) is 23.7 Å². The molecule has 0 radical (unpaired) electrons. The normalized spacial score (nSPS) is 42.2. The number of rotatable bonds is 7. The fraction of sp³-hybridized carbons (Fsp3) is 0.542. The van der Waals surface area contributed by atoms with Gasteiger partial charge in [-0.3, -0.25) is 0 Å². The first-order chi connectivity index (χ1) is 17.7. The van der Waals surface area contributed by atoms with Gasteiger partial charge in [0.25, 0.3) is 0 Å². The van der Waals surface area contributed by atoms with Crippen molar-refractivity contribution in [1.29, 1.82) is 0 Å². The lowest BCUT2D eigenvalue weighted by molar-refractivity contribution is -0.344. The molecule has 0 bridgehead atoms. The molecule has 7 N–H and O–H groups in total. The molecule has 5 rings (SSSR count). The highest BCUT2D eigenvalue weighted by molar-refractivity contribution is 5.87. The van der Waals surface area contributed by atoms with Crippen LogP contribution in [0.15, 0.2) is 36.6 Å². The van der Waals surface area contributed by atoms with E-state index in [1.54, 1.807) is 6.08 Å². The van der Waals surface area contributed by atoms with Crippen LogP contribution in [0.5, 0.6) is 11.5 Å². The first kappa shape index (κ1) is 25.9. The van der Waals surface area contributed by atoms with Gasteiger partial charge in [0.15, 0.2) is 17.8 Å². The van der Waals surface area contributed by atoms with Gasteiger partial charge in [-0.25, -0.2) is 4.79 Å². The number of aliphatic hydroxyl groups excluding tert-OH is 5. The number of phenolic OH excluding ortho intramolecular Hbond substituents is 2. The fourth-order valence-corrected chi connectivity index (χ4v) is 5.19. The molecule has 1 aromatic carbocycles. The molecule has 3 fully saturated rings. The Labute approximate surface area is 210 Å². The molecule has 202 valence electrons. The predicted molar refractivity (Wildman–Crippen MR) is 119 cm³/mol. The number of hydrogen-bond acceptors (Lipinski definition) is 13. The van der Waals surface area contributed by atoms with E-state index in [2.05, 4.69) is 0 Å². The second kappa shape index (κ2) is 9.85. The Morgan fingerprint density at radius 2 is 1.81 bits per heavy atom. The number of esters is 1. The van der Waals surface area contributed by atoms with Crippen LogP contribution in [0.4, 0.5) is 0 Å². The number of aromatic hydroxyl groups is 2. The van der Waals surface area contributed by atoms with Gasteiger partial charge in [0.1, 0.15) is 42.7 Å². The number of fused-ring (bicyclic) bond motifs is 3. The van der Waals surface area contributed by atoms with Crippen molar-refractivity contribution in [3.8, 4) is 11.5 Å². The lowest BCUT2D eigenvalue weighted by atomic mass is 9.85. The van der Waals surface area contributed by atoms with Crippen LogP contribution < -0.4 is 0 Å². The topological polar surface area (TPSA) is 208 Å². The SMILES string of the molecule is O=C(C=Cc1ccc(O)c(O)c1)OCC12OC1C(O)C1C=COC(OC3OC(CO)C(O)C(O)C3O)C12. The Bertz CT molecular complexity index is 1070. The van der Waals surface area contributed by atoms with Crippen molar-refractivity contribution in [1.82, 2.24) is 0 Å². The van der Waals surface area contributed by atoms with Crippen LogP contribution in [-0.4, -0.2) is 110 Å². The summed E-state index contributed by atoms with van der Waals surface area (Å²) in [6.45, 7) is -0.894. The van der Waals surface area contributed by atoms with Gasteiger partial charge in [0.2, 0.25) is 6.29 Å². The number of hydrogen-bond donors (Lipinski definition) is 7. The van der Waals surface area contributed by atoms with E-state index in [1.165, 1.54) is 30.5 Å². The maximum absolute atomic E-state index is 12.4. The summed E-state index contributed by atoms with van der Waals surface area (Å²) in [6, 6.07) is 4.03. The van der Waals surface area contributed by atoms with E-state index < -0.39 is 79.2 Å². The van der Waals surface area contributed by atoms with Crippen LogP contribution in [0.1, 0.15) is 5.56 Å². The summed E-state index contributed by atoms with van der Waals surface area (Å²) >= 11 is 0. The molecule has 4 aliphatic rings. The molecule has 1 saturated carbocycles. The van der Waals surface area contributed by atoms with Gasteiger partial charge in [0, 0.05) is 12.0 Å². The Hall–Kier alpha value is -2.75. The summed E-state index contributed by atoms with van der Waals surface area (Å²) in [5, 5.41) is 69.5. The first-order valence-corrected chi connectivity index (χ1v) is 11.7. The number of phenols is 2. The van der Waals surface area contributed by atoms with Crippen molar-refractivity contribution in [2.24, 2.45) is 11.8 Å². The van der Waals surface area contributed by atoms with Crippen molar-refractivity contribution >= 4 is 12.0 Å². The Kier molecular flexibility index (Phi) is 6.89. The zero-order valence-corrected chi connectivity index (χ0v) is 19.3. The van der Waals surface area contributed by atoms with Gasteiger partial charge in [-0.1, -0.05) is 6.07 Å². The highest BCUT2D eigenvalue weighted by Gasteiger charge is 2.76. The average molecular weight is 524 g/mol. The molecule has 1 aliphatic carbocycles. The number of benzene rings is 1. The molecule has 1 aromatic rings. The molecular weight excluding hydrogens is 496 g/mol. The minimum atomic E-state index is -1.66. The minimum Gasteiger partial charge on any atom is -0.504 e. The smallest absolute Gasteiger partial charge is 0.330 e. The second-order valence-electron chi connectivity index (χ2n) is 9.44. The summed E-state index contributed by atoms with van der Waals surface area (Å²) in [5.74, 6) is -2.57. The van der Waals surface area contributed by atoms with E-state index in [-0.39, 0.29) is 18.1 Å². The number of carbonyl (C=O) groups excluding carboxylic acids is 1. The molecule has 13 heteroatoms. The molecule has 0 spiro atoms. The Morgan fingerprint density at radius 1 is 1.03 bits per heavy atom. The first-order valence-electron chi connectivity index (χ1n) is 11.7. The highest BCUT2D eigenvalue weighted by atomic mass is 16.8. The molecule has 0 amide bonds. The van der Waals surface area contributed by atoms with Crippen LogP contribution in [-0.2, 0) is 28.5 Å². The lowest BCUT2D eigenvalue weighted by Gasteiger charge is -2.43. The molecule has 11 atom stereocenters. The maximum Gasteiger partial charge on any atom is 0.330 e. The van der Waals surface area contributed by atoms with Crippen LogP contribution in [0.2, 0.25) is 0 Å². The van der Waals surface area contributed by atoms with Crippen molar-refractivity contribution < 1.29 is 64.2 Å². The van der Waals surface area contributed by atoms with Crippen LogP contribution in [0.25, 0.3) is 6.08 Å². The molecule has 11 unspecified atom stereocenters. The zero-order valence-electron chi connectivity index (χ0n) is 19.3. The molecule has 3 aliphatic heterocycles. The van der Waals surface area contributed by atoms with Gasteiger partial charge < -0.3 is 59.4 Å². The van der Waals surface area contributed by atoms with E-state index in [9.17, 15) is 40.5 Å². The number of ether oxygens (including phenoxy) is 5. The Balaban J connectivity index is 1.27. The van der Waals surface area contributed by atoms with Crippen molar-refractivity contribution in [3.63, 3.8) is 0 Å². The third-order valence-electron chi connectivity index (χ3n) is 7.23. The molecule has 37 heavy (non-hydrogen) atoms. The number of carbonyl (C=O) groups is 1. The van der Waals surface area contributed by atoms with Crippen molar-refractivity contribution in [3.05, 3.63) is 42.2 Å². The van der Waals surface area contributed by atoms with Crippen LogP contribution >= 0.6 is 0 Å². The minimum absolute atomic E-state index is 0.258. The average Bonchev–Trinajstić information content (AvgIpc) is 3.57. The monoisotopic (exact) mass is 524 g/mol. The molecular formula is C24H28O13. The van der Waals surface area contributed by atoms with Gasteiger partial charge >= 0.3 is 5.97 Å². The zero-order chi connectivity index (χ0) is 26.5. The van der Waals surface area contributed by atoms with Crippen molar-refractivity contribution in [2.45, 2.75) is 54.8 Å². The summed E-state index contributed by atoms with van der Waals surface area (Å²) < 4.78 is 27.9.